The topological polar surface area (TPSA) is 86.3 Å². The Morgan fingerprint density at radius 3 is 2.79 bits per heavy atom. The van der Waals surface area contributed by atoms with E-state index in [9.17, 15) is 4.79 Å². The summed E-state index contributed by atoms with van der Waals surface area (Å²) in [6, 6.07) is 1.78. The van der Waals surface area contributed by atoms with E-state index >= 15 is 0 Å². The van der Waals surface area contributed by atoms with Crippen LogP contribution in [0.1, 0.15) is 60.3 Å². The predicted molar refractivity (Wildman–Crippen MR) is 111 cm³/mol. The summed E-state index contributed by atoms with van der Waals surface area (Å²) in [4.78, 5) is 27.0. The van der Waals surface area contributed by atoms with Gasteiger partial charge in [0, 0.05) is 24.1 Å². The first-order valence-corrected chi connectivity index (χ1v) is 10.6. The largest absolute Gasteiger partial charge is 0.358 e. The molecule has 1 aliphatic carbocycles. The van der Waals surface area contributed by atoms with Crippen LogP contribution in [0.2, 0.25) is 0 Å². The maximum atomic E-state index is 12.5. The number of aromatic amines is 1. The molecule has 1 amide bonds. The van der Waals surface area contributed by atoms with Gasteiger partial charge in [0.2, 0.25) is 0 Å². The monoisotopic (exact) mass is 390 g/mol. The molecule has 1 fully saturated rings. The maximum Gasteiger partial charge on any atom is 0.273 e. The van der Waals surface area contributed by atoms with Crippen LogP contribution in [0.5, 0.6) is 0 Å². The molecule has 2 aliphatic heterocycles. The lowest BCUT2D eigenvalue weighted by atomic mass is 9.93. The van der Waals surface area contributed by atoms with E-state index < -0.39 is 0 Å². The third kappa shape index (κ3) is 3.62. The van der Waals surface area contributed by atoms with Crippen molar-refractivity contribution in [2.45, 2.75) is 51.5 Å². The van der Waals surface area contributed by atoms with Crippen molar-refractivity contribution in [1.29, 1.82) is 0 Å². The zero-order valence-corrected chi connectivity index (χ0v) is 16.6. The summed E-state index contributed by atoms with van der Waals surface area (Å²) in [5, 5.41) is 4.23. The molecule has 0 unspecified atom stereocenters. The van der Waals surface area contributed by atoms with Crippen molar-refractivity contribution >= 4 is 17.7 Å². The SMILES string of the molecule is O=C1NN=C(c2ccncn2)C1=Cc1[nH]c2c(c1CN1CCCCC1)CCCC2. The van der Waals surface area contributed by atoms with Crippen LogP contribution in [0.15, 0.2) is 29.3 Å². The summed E-state index contributed by atoms with van der Waals surface area (Å²) in [5.41, 5.74) is 9.60. The number of likely N-dealkylation sites (tertiary alicyclic amines) is 1. The fourth-order valence-corrected chi connectivity index (χ4v) is 4.66. The minimum Gasteiger partial charge on any atom is -0.358 e. The molecule has 29 heavy (non-hydrogen) atoms. The summed E-state index contributed by atoms with van der Waals surface area (Å²) < 4.78 is 0. The number of carbonyl (C=O) groups is 1. The molecule has 150 valence electrons. The molecular formula is C22H26N6O. The molecule has 7 nitrogen and oxygen atoms in total. The van der Waals surface area contributed by atoms with Crippen molar-refractivity contribution in [1.82, 2.24) is 25.3 Å². The first-order chi connectivity index (χ1) is 14.3. The molecule has 0 atom stereocenters. The molecule has 4 heterocycles. The summed E-state index contributed by atoms with van der Waals surface area (Å²) >= 11 is 0. The van der Waals surface area contributed by atoms with Crippen LogP contribution in [0.3, 0.4) is 0 Å². The number of carbonyl (C=O) groups excluding carboxylic acids is 1. The molecule has 3 aliphatic rings. The highest BCUT2D eigenvalue weighted by molar-refractivity contribution is 6.32. The number of nitrogens with one attached hydrogen (secondary N) is 2. The van der Waals surface area contributed by atoms with Crippen LogP contribution in [-0.4, -0.2) is 44.6 Å². The molecule has 2 aromatic rings. The van der Waals surface area contributed by atoms with Crippen LogP contribution < -0.4 is 5.43 Å². The van der Waals surface area contributed by atoms with Gasteiger partial charge in [0.15, 0.2) is 0 Å². The maximum absolute atomic E-state index is 12.5. The van der Waals surface area contributed by atoms with Crippen molar-refractivity contribution in [3.8, 4) is 0 Å². The second-order valence-electron chi connectivity index (χ2n) is 8.07. The van der Waals surface area contributed by atoms with Gasteiger partial charge in [-0.1, -0.05) is 6.42 Å². The molecule has 2 aromatic heterocycles. The second kappa shape index (κ2) is 7.91. The normalized spacial score (nSPS) is 21.2. The number of fused-ring (bicyclic) bond motifs is 1. The minimum atomic E-state index is -0.185. The Hall–Kier alpha value is -2.80. The van der Waals surface area contributed by atoms with Gasteiger partial charge in [-0.15, -0.1) is 0 Å². The van der Waals surface area contributed by atoms with Crippen LogP contribution in [-0.2, 0) is 24.2 Å². The third-order valence-electron chi connectivity index (χ3n) is 6.16. The van der Waals surface area contributed by atoms with Crippen molar-refractivity contribution in [2.24, 2.45) is 5.10 Å². The third-order valence-corrected chi connectivity index (χ3v) is 6.16. The number of aryl methyl sites for hydroxylation is 1. The number of hydrogen-bond donors (Lipinski definition) is 2. The van der Waals surface area contributed by atoms with Crippen molar-refractivity contribution in [2.75, 3.05) is 13.1 Å². The van der Waals surface area contributed by atoms with Gasteiger partial charge < -0.3 is 4.98 Å². The van der Waals surface area contributed by atoms with E-state index in [1.165, 1.54) is 55.3 Å². The summed E-state index contributed by atoms with van der Waals surface area (Å²) in [6.07, 6.45) is 13.7. The van der Waals surface area contributed by atoms with E-state index in [-0.39, 0.29) is 5.91 Å². The van der Waals surface area contributed by atoms with Crippen LogP contribution in [0, 0.1) is 0 Å². The fourth-order valence-electron chi connectivity index (χ4n) is 4.66. The number of hydrogen-bond acceptors (Lipinski definition) is 5. The number of H-pyrrole nitrogens is 1. The highest BCUT2D eigenvalue weighted by atomic mass is 16.2. The molecule has 1 saturated heterocycles. The summed E-state index contributed by atoms with van der Waals surface area (Å²) in [6.45, 7) is 3.26. The lowest BCUT2D eigenvalue weighted by Crippen LogP contribution is -2.29. The Kier molecular flexibility index (Phi) is 4.97. The van der Waals surface area contributed by atoms with Gasteiger partial charge in [-0.3, -0.25) is 9.69 Å². The number of nitrogens with zero attached hydrogens (tertiary/aromatic N) is 4. The van der Waals surface area contributed by atoms with Crippen LogP contribution >= 0.6 is 0 Å². The predicted octanol–water partition coefficient (Wildman–Crippen LogP) is 2.59. The highest BCUT2D eigenvalue weighted by Gasteiger charge is 2.27. The first kappa shape index (κ1) is 18.2. The van der Waals surface area contributed by atoms with Crippen LogP contribution in [0.4, 0.5) is 0 Å². The zero-order chi connectivity index (χ0) is 19.6. The molecule has 0 aromatic carbocycles. The van der Waals surface area contributed by atoms with Gasteiger partial charge in [-0.2, -0.15) is 5.10 Å². The van der Waals surface area contributed by atoms with E-state index in [4.69, 9.17) is 0 Å². The minimum absolute atomic E-state index is 0.185. The molecule has 0 radical (unpaired) electrons. The van der Waals surface area contributed by atoms with Gasteiger partial charge in [0.05, 0.1) is 11.3 Å². The summed E-state index contributed by atoms with van der Waals surface area (Å²) in [5.74, 6) is -0.185. The summed E-state index contributed by atoms with van der Waals surface area (Å²) in [7, 11) is 0. The average Bonchev–Trinajstić information content (AvgIpc) is 3.30. The Labute approximate surface area is 170 Å². The van der Waals surface area contributed by atoms with E-state index in [0.29, 0.717) is 17.0 Å². The molecule has 2 N–H and O–H groups in total. The van der Waals surface area contributed by atoms with Crippen LogP contribution in [0.25, 0.3) is 6.08 Å². The first-order valence-electron chi connectivity index (χ1n) is 10.6. The standard InChI is InChI=1S/C22H26N6O/c29-22-16(21(26-27-22)19-8-9-23-14-24-19)12-20-17(13-28-10-4-1-5-11-28)15-6-2-3-7-18(15)25-20/h8-9,12,14,25H,1-7,10-11,13H2,(H,27,29). The smallest absolute Gasteiger partial charge is 0.273 e. The molecule has 5 rings (SSSR count). The molecular weight excluding hydrogens is 364 g/mol. The van der Waals surface area contributed by atoms with Gasteiger partial charge in [0.1, 0.15) is 12.0 Å². The van der Waals surface area contributed by atoms with Crippen molar-refractivity contribution in [3.63, 3.8) is 0 Å². The van der Waals surface area contributed by atoms with Gasteiger partial charge >= 0.3 is 0 Å². The Morgan fingerprint density at radius 1 is 1.10 bits per heavy atom. The molecule has 0 bridgehead atoms. The lowest BCUT2D eigenvalue weighted by molar-refractivity contribution is -0.116. The number of piperidine rings is 1. The van der Waals surface area contributed by atoms with E-state index in [0.717, 1.165) is 38.2 Å². The molecule has 0 saturated carbocycles. The fraction of sp³-hybridized carbons (Fsp3) is 0.455. The number of aromatic nitrogens is 3. The van der Waals surface area contributed by atoms with E-state index in [1.807, 2.05) is 6.08 Å². The Morgan fingerprint density at radius 2 is 1.97 bits per heavy atom. The van der Waals surface area contributed by atoms with Gasteiger partial charge in [-0.25, -0.2) is 15.4 Å². The second-order valence-corrected chi connectivity index (χ2v) is 8.07. The van der Waals surface area contributed by atoms with E-state index in [1.54, 1.807) is 12.3 Å². The lowest BCUT2D eigenvalue weighted by Gasteiger charge is -2.27. The molecule has 7 heteroatoms. The molecule has 0 spiro atoms. The number of hydrazone groups is 1. The Bertz CT molecular complexity index is 969. The van der Waals surface area contributed by atoms with Crippen molar-refractivity contribution in [3.05, 3.63) is 52.4 Å². The highest BCUT2D eigenvalue weighted by Crippen LogP contribution is 2.31. The number of amides is 1. The van der Waals surface area contributed by atoms with Gasteiger partial charge in [0.25, 0.3) is 5.91 Å². The number of rotatable bonds is 4. The average molecular weight is 390 g/mol. The van der Waals surface area contributed by atoms with Crippen molar-refractivity contribution < 1.29 is 4.79 Å². The quantitative estimate of drug-likeness (QED) is 0.786. The van der Waals surface area contributed by atoms with Gasteiger partial charge in [-0.05, 0) is 74.9 Å². The Balaban J connectivity index is 1.53. The van der Waals surface area contributed by atoms with E-state index in [2.05, 4.69) is 30.4 Å². The zero-order valence-electron chi connectivity index (χ0n) is 16.6.